The van der Waals surface area contributed by atoms with Crippen molar-refractivity contribution in [2.24, 2.45) is 16.8 Å². The number of anilines is 3. The quantitative estimate of drug-likeness (QED) is 0.133. The Morgan fingerprint density at radius 1 is 1.15 bits per heavy atom. The molecule has 3 rings (SSSR count). The fraction of sp³-hybridized carbons (Fsp3) is 0.200. The van der Waals surface area contributed by atoms with Gasteiger partial charge in [-0.05, 0) is 48.4 Å². The molecule has 0 fully saturated rings. The van der Waals surface area contributed by atoms with Gasteiger partial charge in [-0.1, -0.05) is 17.4 Å². The van der Waals surface area contributed by atoms with Crippen LogP contribution < -0.4 is 32.5 Å². The van der Waals surface area contributed by atoms with Crippen LogP contribution in [0.5, 0.6) is 0 Å². The monoisotopic (exact) mass is 590 g/mol. The Hall–Kier alpha value is -4.67. The number of thiazole rings is 1. The largest absolute Gasteiger partial charge is 0.416 e. The average Bonchev–Trinajstić information content (AvgIpc) is 3.36. The first-order valence-corrected chi connectivity index (χ1v) is 12.5. The van der Waals surface area contributed by atoms with Crippen molar-refractivity contribution in [2.75, 3.05) is 22.2 Å². The van der Waals surface area contributed by atoms with Crippen LogP contribution in [0.25, 0.3) is 5.70 Å². The minimum atomic E-state index is -4.71. The summed E-state index contributed by atoms with van der Waals surface area (Å²) in [5.74, 6) is 4.18. The number of nitrogens with two attached hydrogens (primary N) is 2. The number of hydrazine groups is 1. The van der Waals surface area contributed by atoms with Crippen LogP contribution in [0.1, 0.15) is 38.8 Å². The van der Waals surface area contributed by atoms with E-state index in [1.165, 1.54) is 42.5 Å². The lowest BCUT2D eigenvalue weighted by molar-refractivity contribution is -0.137. The van der Waals surface area contributed by atoms with E-state index in [9.17, 15) is 32.5 Å². The molecule has 41 heavy (non-hydrogen) atoms. The van der Waals surface area contributed by atoms with Gasteiger partial charge in [0, 0.05) is 42.3 Å². The molecule has 1 heterocycles. The zero-order valence-electron chi connectivity index (χ0n) is 21.7. The number of hydrogen-bond donors (Lipinski definition) is 5. The van der Waals surface area contributed by atoms with Crippen LogP contribution in [-0.2, 0) is 22.3 Å². The Balaban J connectivity index is 1.82. The maximum Gasteiger partial charge on any atom is 0.416 e. The number of nitrogens with zero attached hydrogens (tertiary/aromatic N) is 3. The van der Waals surface area contributed by atoms with Gasteiger partial charge in [-0.2, -0.15) is 13.2 Å². The minimum Gasteiger partial charge on any atom is -0.396 e. The predicted molar refractivity (Wildman–Crippen MR) is 148 cm³/mol. The highest BCUT2D eigenvalue weighted by Crippen LogP contribution is 2.32. The molecule has 3 amide bonds. The fourth-order valence-corrected chi connectivity index (χ4v) is 4.29. The number of alkyl halides is 3. The van der Waals surface area contributed by atoms with Crippen LogP contribution in [0.3, 0.4) is 0 Å². The number of amides is 3. The summed E-state index contributed by atoms with van der Waals surface area (Å²) in [6, 6.07) is 7.46. The predicted octanol–water partition coefficient (Wildman–Crippen LogP) is 3.70. The van der Waals surface area contributed by atoms with Crippen LogP contribution in [0.15, 0.2) is 54.0 Å². The molecule has 0 spiro atoms. The summed E-state index contributed by atoms with van der Waals surface area (Å²) >= 11 is 1.13. The molecule has 0 saturated heterocycles. The molecule has 0 aliphatic carbocycles. The molecule has 0 aliphatic heterocycles. The molecular weight excluding hydrogens is 565 g/mol. The maximum atomic E-state index is 13.5. The third-order valence-electron chi connectivity index (χ3n) is 5.39. The topological polar surface area (TPSA) is 185 Å². The standard InChI is InChI=1S/C25H25F3N8O4S/c1-13-3-4-16(7-20(13)36(30)12-19(29)21-10-32-24(41-21)33-14(2)37)23(39)34-18-6-15(9-31-11-22(38)35-40)5-17(8-18)25(26,27)28/h3-8,10,12,31H,9,11,29-30H2,1-2H3,(H,34,39)(H,32,33,37)/b19-12-. The van der Waals surface area contributed by atoms with Crippen LogP contribution >= 0.6 is 11.3 Å². The number of carbonyl (C=O) groups excluding carboxylic acids is 3. The number of carbonyl (C=O) groups is 3. The molecule has 16 heteroatoms. The second-order valence-corrected chi connectivity index (χ2v) is 9.69. The van der Waals surface area contributed by atoms with Gasteiger partial charge in [-0.3, -0.25) is 19.4 Å². The highest BCUT2D eigenvalue weighted by atomic mass is 32.1. The van der Waals surface area contributed by atoms with Gasteiger partial charge in [0.25, 0.3) is 11.8 Å². The van der Waals surface area contributed by atoms with Crippen molar-refractivity contribution in [1.82, 2.24) is 10.3 Å². The number of halogens is 3. The number of aryl methyl sites for hydroxylation is 1. The van der Waals surface area contributed by atoms with Gasteiger partial charge in [0.1, 0.15) is 0 Å². The van der Waals surface area contributed by atoms with Crippen molar-refractivity contribution in [3.8, 4) is 0 Å². The summed E-state index contributed by atoms with van der Waals surface area (Å²) in [4.78, 5) is 50.1. The molecule has 2 aromatic carbocycles. The van der Waals surface area contributed by atoms with Gasteiger partial charge in [-0.25, -0.2) is 10.8 Å². The van der Waals surface area contributed by atoms with Gasteiger partial charge in [0.2, 0.25) is 5.91 Å². The Bertz CT molecular complexity index is 1510. The van der Waals surface area contributed by atoms with Gasteiger partial charge in [0.15, 0.2) is 5.13 Å². The maximum absolute atomic E-state index is 13.5. The molecule has 0 radical (unpaired) electrons. The lowest BCUT2D eigenvalue weighted by Crippen LogP contribution is -2.27. The molecule has 0 unspecified atom stereocenters. The molecule has 0 aliphatic rings. The second-order valence-electron chi connectivity index (χ2n) is 8.66. The second kappa shape index (κ2) is 13.1. The molecule has 12 nitrogen and oxygen atoms in total. The minimum absolute atomic E-state index is 0.0958. The highest BCUT2D eigenvalue weighted by molar-refractivity contribution is 7.16. The third kappa shape index (κ3) is 8.66. The molecule has 0 bridgehead atoms. The van der Waals surface area contributed by atoms with Crippen LogP contribution in [0.4, 0.5) is 29.7 Å². The number of benzene rings is 2. The van der Waals surface area contributed by atoms with Crippen LogP contribution in [0, 0.1) is 11.8 Å². The van der Waals surface area contributed by atoms with Crippen molar-refractivity contribution in [3.05, 3.63) is 80.8 Å². The Morgan fingerprint density at radius 2 is 1.88 bits per heavy atom. The first kappa shape index (κ1) is 30.9. The summed E-state index contributed by atoms with van der Waals surface area (Å²) in [5, 5.41) is 11.3. The van der Waals surface area contributed by atoms with Gasteiger partial charge >= 0.3 is 6.18 Å². The molecule has 216 valence electrons. The molecule has 0 atom stereocenters. The number of hydrogen-bond acceptors (Lipinski definition) is 10. The summed E-state index contributed by atoms with van der Waals surface area (Å²) in [7, 11) is 0. The fourth-order valence-electron chi connectivity index (χ4n) is 3.51. The van der Waals surface area contributed by atoms with E-state index < -0.39 is 30.1 Å². The molecule has 3 aromatic rings. The summed E-state index contributed by atoms with van der Waals surface area (Å²) in [5.41, 5.74) is 6.46. The van der Waals surface area contributed by atoms with E-state index in [4.69, 9.17) is 11.6 Å². The summed E-state index contributed by atoms with van der Waals surface area (Å²) < 4.78 is 40.4. The Kier molecular flexibility index (Phi) is 9.88. The van der Waals surface area contributed by atoms with E-state index in [0.717, 1.165) is 23.5 Å². The van der Waals surface area contributed by atoms with Crippen molar-refractivity contribution in [1.29, 1.82) is 0 Å². The first-order chi connectivity index (χ1) is 19.3. The third-order valence-corrected chi connectivity index (χ3v) is 6.35. The van der Waals surface area contributed by atoms with Crippen molar-refractivity contribution in [2.45, 2.75) is 26.6 Å². The molecule has 0 saturated carbocycles. The smallest absolute Gasteiger partial charge is 0.396 e. The summed E-state index contributed by atoms with van der Waals surface area (Å²) in [6.07, 6.45) is -1.85. The molecule has 7 N–H and O–H groups in total. The van der Waals surface area contributed by atoms with Crippen molar-refractivity contribution < 1.29 is 27.6 Å². The Morgan fingerprint density at radius 3 is 2.54 bits per heavy atom. The van der Waals surface area contributed by atoms with Crippen molar-refractivity contribution >= 4 is 51.3 Å². The SMILES string of the molecule is CC(=O)Nc1ncc(/C(N)=C/N(N)c2cc(C(=O)Nc3cc(CNCC(=O)N=O)cc(C(F)(F)F)c3)ccc2C)s1. The van der Waals surface area contributed by atoms with Gasteiger partial charge < -0.3 is 21.7 Å². The van der Waals surface area contributed by atoms with E-state index in [-0.39, 0.29) is 35.0 Å². The van der Waals surface area contributed by atoms with Crippen molar-refractivity contribution in [3.63, 3.8) is 0 Å². The van der Waals surface area contributed by atoms with Crippen LogP contribution in [0.2, 0.25) is 0 Å². The van der Waals surface area contributed by atoms with E-state index in [1.54, 1.807) is 13.0 Å². The highest BCUT2D eigenvalue weighted by Gasteiger charge is 2.31. The van der Waals surface area contributed by atoms with E-state index in [1.807, 2.05) is 0 Å². The zero-order chi connectivity index (χ0) is 30.3. The normalized spacial score (nSPS) is 11.6. The zero-order valence-corrected chi connectivity index (χ0v) is 22.5. The molecule has 1 aromatic heterocycles. The number of nitroso groups, excluding NO2 is 1. The lowest BCUT2D eigenvalue weighted by Gasteiger charge is -2.19. The van der Waals surface area contributed by atoms with Gasteiger partial charge in [-0.15, -0.1) is 4.91 Å². The average molecular weight is 591 g/mol. The van der Waals surface area contributed by atoms with E-state index in [0.29, 0.717) is 21.3 Å². The van der Waals surface area contributed by atoms with Crippen LogP contribution in [-0.4, -0.2) is 29.3 Å². The van der Waals surface area contributed by atoms with E-state index in [2.05, 4.69) is 26.1 Å². The molecular formula is C25H25F3N8O4S. The summed E-state index contributed by atoms with van der Waals surface area (Å²) in [6.45, 7) is 2.43. The van der Waals surface area contributed by atoms with Gasteiger partial charge in [0.05, 0.1) is 28.4 Å². The first-order valence-electron chi connectivity index (χ1n) is 11.7. The lowest BCUT2D eigenvalue weighted by atomic mass is 10.1. The Labute approximate surface area is 235 Å². The number of aromatic nitrogens is 1. The van der Waals surface area contributed by atoms with E-state index >= 15 is 0 Å². The number of nitrogens with one attached hydrogen (secondary N) is 3. The number of rotatable bonds is 10.